The summed E-state index contributed by atoms with van der Waals surface area (Å²) in [6, 6.07) is 23.7. The molecule has 0 amide bonds. The third-order valence-corrected chi connectivity index (χ3v) is 23.5. The van der Waals surface area contributed by atoms with Crippen molar-refractivity contribution in [2.75, 3.05) is 0 Å². The summed E-state index contributed by atoms with van der Waals surface area (Å²) in [4.78, 5) is 0. The first kappa shape index (κ1) is 35.0. The molecule has 0 nitrogen and oxygen atoms in total. The van der Waals surface area contributed by atoms with Gasteiger partial charge in [-0.05, 0) is 147 Å². The average Bonchev–Trinajstić information content (AvgIpc) is 3.73. The van der Waals surface area contributed by atoms with Gasteiger partial charge in [-0.15, -0.1) is 0 Å². The standard InChI is InChI=1S/C48H58Si2/c1-27-25-43-39(17-15-19-41(43)45(27)49(11,12)47-33(7)29(3)30(4)34(47)8)37-21-23-38(24-22-37)40-18-16-20-42-44(40)26-28(2)46(42)50(13,14)48-35(9)31(5)32(6)36(48)10/h15-26,45-48H,1-14H3. The number of hydrogen-bond donors (Lipinski definition) is 0. The zero-order valence-corrected chi connectivity index (χ0v) is 35.2. The van der Waals surface area contributed by atoms with Crippen molar-refractivity contribution >= 4 is 28.3 Å². The maximum absolute atomic E-state index is 2.64. The van der Waals surface area contributed by atoms with E-state index in [2.05, 4.69) is 168 Å². The molecular weight excluding hydrogens is 633 g/mol. The van der Waals surface area contributed by atoms with Crippen LogP contribution in [0.5, 0.6) is 0 Å². The molecule has 2 heteroatoms. The van der Waals surface area contributed by atoms with Gasteiger partial charge in [0.15, 0.2) is 0 Å². The molecule has 2 unspecified atom stereocenters. The van der Waals surface area contributed by atoms with Gasteiger partial charge in [-0.2, -0.15) is 0 Å². The van der Waals surface area contributed by atoms with Crippen molar-refractivity contribution in [1.82, 2.24) is 0 Å². The monoisotopic (exact) mass is 690 g/mol. The van der Waals surface area contributed by atoms with Crippen LogP contribution in [0, 0.1) is 0 Å². The Morgan fingerprint density at radius 3 is 0.980 bits per heavy atom. The largest absolute Gasteiger partial charge is 0.0717 e. The topological polar surface area (TPSA) is 0 Å². The molecule has 4 aliphatic rings. The molecule has 4 aliphatic carbocycles. The minimum absolute atomic E-state index is 0.531. The average molecular weight is 691 g/mol. The van der Waals surface area contributed by atoms with Crippen molar-refractivity contribution in [2.45, 2.75) is 118 Å². The molecular formula is C48H58Si2. The van der Waals surface area contributed by atoms with Gasteiger partial charge in [-0.1, -0.05) is 132 Å². The molecule has 0 fully saturated rings. The first-order valence-electron chi connectivity index (χ1n) is 18.9. The third kappa shape index (κ3) is 4.95. The zero-order chi connectivity index (χ0) is 36.2. The molecule has 0 radical (unpaired) electrons. The van der Waals surface area contributed by atoms with Crippen LogP contribution in [-0.2, 0) is 0 Å². The number of benzene rings is 3. The van der Waals surface area contributed by atoms with Crippen molar-refractivity contribution in [2.24, 2.45) is 0 Å². The second kappa shape index (κ2) is 12.1. The molecule has 0 heterocycles. The van der Waals surface area contributed by atoms with Crippen molar-refractivity contribution in [3.63, 3.8) is 0 Å². The third-order valence-electron chi connectivity index (χ3n) is 14.3. The van der Waals surface area contributed by atoms with Crippen LogP contribution in [-0.4, -0.2) is 16.1 Å². The van der Waals surface area contributed by atoms with Crippen molar-refractivity contribution < 1.29 is 0 Å². The Hall–Kier alpha value is -3.47. The van der Waals surface area contributed by atoms with E-state index >= 15 is 0 Å². The van der Waals surface area contributed by atoms with Gasteiger partial charge in [0, 0.05) is 11.1 Å². The van der Waals surface area contributed by atoms with Gasteiger partial charge in [0.05, 0.1) is 16.1 Å². The maximum atomic E-state index is 2.64. The van der Waals surface area contributed by atoms with E-state index in [0.717, 1.165) is 0 Å². The SMILES string of the molecule is CC1=Cc2c(-c3ccc(-c4cccc5c4C=C(C)C5[Si](C)(C)C4C(C)=C(C)C(C)=C4C)cc3)cccc2C1[Si](C)(C)C1C(C)=C(C)C(C)=C1C. The zero-order valence-electron chi connectivity index (χ0n) is 33.2. The van der Waals surface area contributed by atoms with Crippen LogP contribution in [0.15, 0.2) is 116 Å². The maximum Gasteiger partial charge on any atom is 0.0717 e. The molecule has 0 aromatic heterocycles. The first-order valence-corrected chi connectivity index (χ1v) is 25.2. The summed E-state index contributed by atoms with van der Waals surface area (Å²) in [6.45, 7) is 34.3. The Bertz CT molecular complexity index is 1950. The van der Waals surface area contributed by atoms with Gasteiger partial charge < -0.3 is 0 Å². The van der Waals surface area contributed by atoms with Crippen LogP contribution < -0.4 is 0 Å². The smallest absolute Gasteiger partial charge is 0.0679 e. The number of allylic oxidation sites excluding steroid dienone is 10. The molecule has 3 aromatic carbocycles. The van der Waals surface area contributed by atoms with E-state index in [4.69, 9.17) is 0 Å². The molecule has 0 N–H and O–H groups in total. The van der Waals surface area contributed by atoms with Crippen LogP contribution in [0.3, 0.4) is 0 Å². The Labute approximate surface area is 305 Å². The molecule has 0 saturated heterocycles. The Morgan fingerprint density at radius 2 is 0.680 bits per heavy atom. The van der Waals surface area contributed by atoms with Gasteiger partial charge in [0.25, 0.3) is 0 Å². The fraction of sp³-hybridized carbons (Fsp3) is 0.375. The van der Waals surface area contributed by atoms with Crippen LogP contribution in [0.1, 0.15) is 103 Å². The summed E-state index contributed by atoms with van der Waals surface area (Å²) < 4.78 is 0. The highest BCUT2D eigenvalue weighted by Gasteiger charge is 2.48. The van der Waals surface area contributed by atoms with E-state index in [9.17, 15) is 0 Å². The Kier molecular flexibility index (Phi) is 8.43. The molecule has 258 valence electrons. The predicted molar refractivity (Wildman–Crippen MR) is 226 cm³/mol. The van der Waals surface area contributed by atoms with Gasteiger partial charge in [-0.3, -0.25) is 0 Å². The highest BCUT2D eigenvalue weighted by Crippen LogP contribution is 2.57. The molecule has 2 atom stereocenters. The van der Waals surface area contributed by atoms with E-state index in [-0.39, 0.29) is 0 Å². The molecule has 0 saturated carbocycles. The minimum atomic E-state index is -1.79. The molecule has 0 aliphatic heterocycles. The molecule has 50 heavy (non-hydrogen) atoms. The van der Waals surface area contributed by atoms with Crippen molar-refractivity contribution in [3.8, 4) is 22.3 Å². The van der Waals surface area contributed by atoms with Crippen LogP contribution >= 0.6 is 0 Å². The minimum Gasteiger partial charge on any atom is -0.0679 e. The molecule has 3 aromatic rings. The molecule has 7 rings (SSSR count). The van der Waals surface area contributed by atoms with E-state index < -0.39 is 16.1 Å². The van der Waals surface area contributed by atoms with Crippen LogP contribution in [0.2, 0.25) is 37.3 Å². The molecule has 0 bridgehead atoms. The normalized spacial score (nSPS) is 21.6. The summed E-state index contributed by atoms with van der Waals surface area (Å²) >= 11 is 0. The first-order chi connectivity index (χ1) is 23.5. The van der Waals surface area contributed by atoms with E-state index in [1.165, 1.54) is 55.7 Å². The van der Waals surface area contributed by atoms with E-state index in [0.29, 0.717) is 22.2 Å². The highest BCUT2D eigenvalue weighted by atomic mass is 28.3. The Morgan fingerprint density at radius 1 is 0.380 bits per heavy atom. The predicted octanol–water partition coefficient (Wildman–Crippen LogP) is 14.6. The highest BCUT2D eigenvalue weighted by molar-refractivity contribution is 6.83. The van der Waals surface area contributed by atoms with Gasteiger partial charge in [0.2, 0.25) is 0 Å². The summed E-state index contributed by atoms with van der Waals surface area (Å²) in [5.41, 5.74) is 29.3. The van der Waals surface area contributed by atoms with Crippen LogP contribution in [0.4, 0.5) is 0 Å². The van der Waals surface area contributed by atoms with Crippen molar-refractivity contribution in [1.29, 1.82) is 0 Å². The lowest BCUT2D eigenvalue weighted by Gasteiger charge is -2.39. The quantitative estimate of drug-likeness (QED) is 0.226. The lowest BCUT2D eigenvalue weighted by atomic mass is 9.93. The van der Waals surface area contributed by atoms with Gasteiger partial charge in [0.1, 0.15) is 0 Å². The summed E-state index contributed by atoms with van der Waals surface area (Å²) in [5.74, 6) is 0. The summed E-state index contributed by atoms with van der Waals surface area (Å²) in [5, 5.41) is 0. The fourth-order valence-electron chi connectivity index (χ4n) is 11.7. The van der Waals surface area contributed by atoms with E-state index in [1.54, 1.807) is 44.6 Å². The second-order valence-corrected chi connectivity index (χ2v) is 27.2. The van der Waals surface area contributed by atoms with Crippen molar-refractivity contribution in [3.05, 3.63) is 139 Å². The lowest BCUT2D eigenvalue weighted by Crippen LogP contribution is -2.41. The summed E-state index contributed by atoms with van der Waals surface area (Å²) in [7, 11) is -3.58. The van der Waals surface area contributed by atoms with Gasteiger partial charge >= 0.3 is 0 Å². The lowest BCUT2D eigenvalue weighted by molar-refractivity contribution is 0.971. The van der Waals surface area contributed by atoms with Gasteiger partial charge in [-0.25, -0.2) is 0 Å². The molecule has 0 spiro atoms. The fourth-order valence-corrected chi connectivity index (χ4v) is 22.3. The van der Waals surface area contributed by atoms with Crippen LogP contribution in [0.25, 0.3) is 34.4 Å². The Balaban J connectivity index is 1.22. The number of fused-ring (bicyclic) bond motifs is 2. The number of hydrogen-bond acceptors (Lipinski definition) is 0. The second-order valence-electron chi connectivity index (χ2n) is 17.6. The number of rotatable bonds is 6. The summed E-state index contributed by atoms with van der Waals surface area (Å²) in [6.07, 6.45) is 5.05. The van der Waals surface area contributed by atoms with E-state index in [1.807, 2.05) is 0 Å².